The fourth-order valence-electron chi connectivity index (χ4n) is 0.848. The molecule has 0 aliphatic rings. The largest absolute Gasteiger partial charge is 0.503 e. The van der Waals surface area contributed by atoms with Crippen molar-refractivity contribution >= 4 is 15.9 Å². The van der Waals surface area contributed by atoms with Crippen molar-refractivity contribution in [2.75, 3.05) is 0 Å². The molecule has 1 rings (SSSR count). The molecule has 0 fully saturated rings. The maximum atomic E-state index is 12.1. The minimum atomic E-state index is -2.74. The summed E-state index contributed by atoms with van der Waals surface area (Å²) < 4.78 is 24.3. The zero-order valence-corrected chi connectivity index (χ0v) is 7.94. The molecule has 1 heterocycles. The number of aromatic nitrogens is 1. The Morgan fingerprint density at radius 1 is 1.62 bits per heavy atom. The predicted molar refractivity (Wildman–Crippen MR) is 46.3 cm³/mol. The Morgan fingerprint density at radius 3 is 2.69 bits per heavy atom. The second-order valence-corrected chi connectivity index (χ2v) is 2.92. The third kappa shape index (κ3) is 2.06. The highest BCUT2D eigenvalue weighted by Crippen LogP contribution is 2.21. The molecule has 0 amide bonds. The molecular formula is C7H6BrF2NO2. The van der Waals surface area contributed by atoms with Gasteiger partial charge in [-0.2, -0.15) is 0 Å². The van der Waals surface area contributed by atoms with Crippen LogP contribution in [0.25, 0.3) is 0 Å². The van der Waals surface area contributed by atoms with E-state index in [9.17, 15) is 13.6 Å². The summed E-state index contributed by atoms with van der Waals surface area (Å²) in [5.74, 6) is -0.527. The number of aromatic amines is 1. The van der Waals surface area contributed by atoms with Crippen LogP contribution in [0.3, 0.4) is 0 Å². The number of hydrogen-bond acceptors (Lipinski definition) is 2. The number of hydrogen-bond donors (Lipinski definition) is 2. The van der Waals surface area contributed by atoms with Gasteiger partial charge >= 0.3 is 0 Å². The van der Waals surface area contributed by atoms with Crippen LogP contribution in [0, 0.1) is 0 Å². The topological polar surface area (TPSA) is 53.1 Å². The van der Waals surface area contributed by atoms with Gasteiger partial charge in [-0.05, 0) is 6.07 Å². The zero-order chi connectivity index (χ0) is 10.0. The molecule has 3 nitrogen and oxygen atoms in total. The highest BCUT2D eigenvalue weighted by molar-refractivity contribution is 9.08. The number of pyridine rings is 1. The van der Waals surface area contributed by atoms with E-state index >= 15 is 0 Å². The molecule has 0 bridgehead atoms. The fourth-order valence-corrected chi connectivity index (χ4v) is 1.28. The smallest absolute Gasteiger partial charge is 0.290 e. The first-order valence-electron chi connectivity index (χ1n) is 3.35. The number of H-pyrrole nitrogens is 1. The first kappa shape index (κ1) is 10.2. The van der Waals surface area contributed by atoms with Crippen LogP contribution in [0.2, 0.25) is 0 Å². The van der Waals surface area contributed by atoms with E-state index in [0.717, 1.165) is 6.07 Å². The molecule has 0 unspecified atom stereocenters. The van der Waals surface area contributed by atoms with Crippen LogP contribution in [0.4, 0.5) is 8.78 Å². The summed E-state index contributed by atoms with van der Waals surface area (Å²) in [6.07, 6.45) is -2.74. The van der Waals surface area contributed by atoms with Gasteiger partial charge in [0.15, 0.2) is 5.75 Å². The second-order valence-electron chi connectivity index (χ2n) is 2.36. The van der Waals surface area contributed by atoms with E-state index in [-0.39, 0.29) is 10.9 Å². The molecule has 0 radical (unpaired) electrons. The van der Waals surface area contributed by atoms with Gasteiger partial charge in [-0.15, -0.1) is 0 Å². The van der Waals surface area contributed by atoms with Crippen LogP contribution in [0.5, 0.6) is 5.75 Å². The molecule has 0 aromatic carbocycles. The van der Waals surface area contributed by atoms with Gasteiger partial charge in [0.25, 0.3) is 12.0 Å². The molecule has 6 heteroatoms. The van der Waals surface area contributed by atoms with Crippen molar-refractivity contribution in [2.24, 2.45) is 0 Å². The quantitative estimate of drug-likeness (QED) is 0.792. The minimum absolute atomic E-state index is 0.152. The predicted octanol–water partition coefficient (Wildman–Crippen LogP) is 1.91. The van der Waals surface area contributed by atoms with E-state index in [2.05, 4.69) is 15.9 Å². The Bertz CT molecular complexity index is 364. The third-order valence-corrected chi connectivity index (χ3v) is 2.09. The summed E-state index contributed by atoms with van der Waals surface area (Å²) in [5.41, 5.74) is -1.23. The van der Waals surface area contributed by atoms with Crippen LogP contribution in [-0.2, 0) is 5.33 Å². The van der Waals surface area contributed by atoms with Gasteiger partial charge < -0.3 is 10.1 Å². The molecule has 72 valence electrons. The normalized spacial score (nSPS) is 10.8. The van der Waals surface area contributed by atoms with Crippen molar-refractivity contribution in [3.8, 4) is 5.75 Å². The molecule has 0 atom stereocenters. The van der Waals surface area contributed by atoms with Gasteiger partial charge in [0.1, 0.15) is 0 Å². The van der Waals surface area contributed by atoms with E-state index in [1.165, 1.54) is 0 Å². The summed E-state index contributed by atoms with van der Waals surface area (Å²) in [4.78, 5) is 12.7. The van der Waals surface area contributed by atoms with Crippen molar-refractivity contribution in [3.63, 3.8) is 0 Å². The standard InChI is InChI=1S/C7H6BrF2NO2/c8-2-3-1-4(6(9)10)11-7(13)5(3)12/h1,6,12H,2H2,(H,11,13). The molecule has 13 heavy (non-hydrogen) atoms. The summed E-state index contributed by atoms with van der Waals surface area (Å²) in [6, 6.07) is 1.05. The molecule has 0 aliphatic heterocycles. The lowest BCUT2D eigenvalue weighted by molar-refractivity contribution is 0.145. The van der Waals surface area contributed by atoms with Crippen LogP contribution in [-0.4, -0.2) is 10.1 Å². The van der Waals surface area contributed by atoms with Gasteiger partial charge in [-0.1, -0.05) is 15.9 Å². The van der Waals surface area contributed by atoms with Gasteiger partial charge in [-0.3, -0.25) is 4.79 Å². The van der Waals surface area contributed by atoms with Gasteiger partial charge in [-0.25, -0.2) is 8.78 Å². The second kappa shape index (κ2) is 3.87. The maximum absolute atomic E-state index is 12.1. The Morgan fingerprint density at radius 2 is 2.23 bits per heavy atom. The first-order chi connectivity index (χ1) is 6.06. The number of rotatable bonds is 2. The van der Waals surface area contributed by atoms with Crippen LogP contribution in [0.15, 0.2) is 10.9 Å². The average Bonchev–Trinajstić information content (AvgIpc) is 2.09. The van der Waals surface area contributed by atoms with Crippen molar-refractivity contribution in [2.45, 2.75) is 11.8 Å². The Balaban J connectivity index is 3.31. The van der Waals surface area contributed by atoms with Crippen LogP contribution >= 0.6 is 15.9 Å². The van der Waals surface area contributed by atoms with Crippen LogP contribution in [0.1, 0.15) is 17.7 Å². The molecule has 0 aliphatic carbocycles. The Kier molecular flexibility index (Phi) is 3.02. The lowest BCUT2D eigenvalue weighted by Gasteiger charge is -2.03. The summed E-state index contributed by atoms with van der Waals surface area (Å²) in [7, 11) is 0. The molecule has 0 spiro atoms. The SMILES string of the molecule is O=c1[nH]c(C(F)F)cc(CBr)c1O. The fraction of sp³-hybridized carbons (Fsp3) is 0.286. The van der Waals surface area contributed by atoms with Gasteiger partial charge in [0.05, 0.1) is 5.69 Å². The van der Waals surface area contributed by atoms with E-state index in [1.807, 2.05) is 4.98 Å². The number of alkyl halides is 3. The Labute approximate surface area is 80.5 Å². The third-order valence-electron chi connectivity index (χ3n) is 1.49. The highest BCUT2D eigenvalue weighted by atomic mass is 79.9. The van der Waals surface area contributed by atoms with E-state index in [0.29, 0.717) is 0 Å². The van der Waals surface area contributed by atoms with Gasteiger partial charge in [0.2, 0.25) is 0 Å². The lowest BCUT2D eigenvalue weighted by Crippen LogP contribution is -2.10. The van der Waals surface area contributed by atoms with E-state index in [1.54, 1.807) is 0 Å². The van der Waals surface area contributed by atoms with Crippen LogP contribution < -0.4 is 5.56 Å². The zero-order valence-electron chi connectivity index (χ0n) is 6.35. The average molecular weight is 254 g/mol. The minimum Gasteiger partial charge on any atom is -0.503 e. The van der Waals surface area contributed by atoms with Crippen molar-refractivity contribution in [3.05, 3.63) is 27.7 Å². The summed E-state index contributed by atoms with van der Waals surface area (Å²) in [5, 5.41) is 9.24. The van der Waals surface area contributed by atoms with Gasteiger partial charge in [0, 0.05) is 10.9 Å². The maximum Gasteiger partial charge on any atom is 0.290 e. The molecular weight excluding hydrogens is 248 g/mol. The highest BCUT2D eigenvalue weighted by Gasteiger charge is 2.13. The summed E-state index contributed by atoms with van der Waals surface area (Å²) in [6.45, 7) is 0. The van der Waals surface area contributed by atoms with E-state index in [4.69, 9.17) is 5.11 Å². The Hall–Kier alpha value is -0.910. The molecule has 2 N–H and O–H groups in total. The number of halogens is 3. The number of nitrogens with one attached hydrogen (secondary N) is 1. The first-order valence-corrected chi connectivity index (χ1v) is 4.47. The lowest BCUT2D eigenvalue weighted by atomic mass is 10.2. The van der Waals surface area contributed by atoms with Crippen molar-refractivity contribution in [1.82, 2.24) is 4.98 Å². The molecule has 1 aromatic rings. The molecule has 1 aromatic heterocycles. The van der Waals surface area contributed by atoms with Crippen molar-refractivity contribution in [1.29, 1.82) is 0 Å². The monoisotopic (exact) mass is 253 g/mol. The molecule has 0 saturated carbocycles. The summed E-state index contributed by atoms with van der Waals surface area (Å²) >= 11 is 2.97. The van der Waals surface area contributed by atoms with Crippen molar-refractivity contribution < 1.29 is 13.9 Å². The molecule has 0 saturated heterocycles. The number of aromatic hydroxyl groups is 1. The van der Waals surface area contributed by atoms with E-state index < -0.39 is 23.4 Å².